The lowest BCUT2D eigenvalue weighted by molar-refractivity contribution is -0.903. The standard InChI is InChI=1S/C17H30NSi.ClH/c1-7-16-9-11-17(12-10-16)15-18(2,3)13-8-14-19(4,5)6;/h7,9-12H,1,8,13-15H2,2-6H3;1H/q+1;/p-1. The van der Waals surface area contributed by atoms with E-state index in [-0.39, 0.29) is 12.4 Å². The molecule has 0 radical (unpaired) electrons. The Balaban J connectivity index is 0.00000361. The van der Waals surface area contributed by atoms with Gasteiger partial charge in [-0.25, -0.2) is 0 Å². The van der Waals surface area contributed by atoms with Gasteiger partial charge >= 0.3 is 0 Å². The molecule has 0 aliphatic carbocycles. The molecule has 0 aromatic heterocycles. The summed E-state index contributed by atoms with van der Waals surface area (Å²) in [6.45, 7) is 13.6. The molecule has 1 aromatic carbocycles. The third kappa shape index (κ3) is 7.88. The Bertz CT molecular complexity index is 404. The Hall–Kier alpha value is -0.573. The van der Waals surface area contributed by atoms with Crippen LogP contribution in [-0.4, -0.2) is 33.2 Å². The largest absolute Gasteiger partial charge is 1.00 e. The topological polar surface area (TPSA) is 0 Å². The van der Waals surface area contributed by atoms with Crippen LogP contribution in [0, 0.1) is 0 Å². The van der Waals surface area contributed by atoms with Gasteiger partial charge in [0.15, 0.2) is 0 Å². The zero-order valence-corrected chi connectivity index (χ0v) is 15.5. The van der Waals surface area contributed by atoms with Crippen LogP contribution in [0.3, 0.4) is 0 Å². The summed E-state index contributed by atoms with van der Waals surface area (Å²) in [6.07, 6.45) is 3.26. The zero-order valence-electron chi connectivity index (χ0n) is 13.7. The second kappa shape index (κ2) is 8.01. The first-order valence-corrected chi connectivity index (χ1v) is 11.0. The van der Waals surface area contributed by atoms with E-state index in [0.717, 1.165) is 11.0 Å². The third-order valence-electron chi connectivity index (χ3n) is 3.52. The quantitative estimate of drug-likeness (QED) is 0.530. The molecule has 1 aromatic rings. The van der Waals surface area contributed by atoms with E-state index < -0.39 is 8.07 Å². The summed E-state index contributed by atoms with van der Waals surface area (Å²) in [5.74, 6) is 0. The molecular formula is C17H30ClNSi. The molecule has 20 heavy (non-hydrogen) atoms. The number of benzene rings is 1. The van der Waals surface area contributed by atoms with Gasteiger partial charge in [-0.2, -0.15) is 0 Å². The molecule has 0 saturated heterocycles. The van der Waals surface area contributed by atoms with Crippen molar-refractivity contribution in [2.75, 3.05) is 20.6 Å². The van der Waals surface area contributed by atoms with Gasteiger partial charge in [-0.1, -0.05) is 62.6 Å². The lowest BCUT2D eigenvalue weighted by Gasteiger charge is -2.31. The molecule has 0 fully saturated rings. The predicted octanol–water partition coefficient (Wildman–Crippen LogP) is 1.64. The molecule has 0 aliphatic heterocycles. The van der Waals surface area contributed by atoms with Gasteiger partial charge in [-0.3, -0.25) is 0 Å². The third-order valence-corrected chi connectivity index (χ3v) is 5.37. The van der Waals surface area contributed by atoms with Crippen molar-refractivity contribution in [3.63, 3.8) is 0 Å². The minimum atomic E-state index is -0.882. The molecule has 1 nitrogen and oxygen atoms in total. The predicted molar refractivity (Wildman–Crippen MR) is 90.0 cm³/mol. The summed E-state index contributed by atoms with van der Waals surface area (Å²) >= 11 is 0. The minimum absolute atomic E-state index is 0. The first kappa shape index (κ1) is 19.4. The maximum atomic E-state index is 3.80. The number of nitrogens with zero attached hydrogens (tertiary/aromatic N) is 1. The fourth-order valence-corrected chi connectivity index (χ4v) is 3.59. The van der Waals surface area contributed by atoms with Crippen LogP contribution in [0.4, 0.5) is 0 Å². The number of rotatable bonds is 7. The van der Waals surface area contributed by atoms with E-state index in [1.54, 1.807) is 0 Å². The van der Waals surface area contributed by atoms with Crippen molar-refractivity contribution in [1.82, 2.24) is 0 Å². The molecular weight excluding hydrogens is 282 g/mol. The molecule has 0 bridgehead atoms. The fraction of sp³-hybridized carbons (Fsp3) is 0.529. The Morgan fingerprint density at radius 1 is 1.10 bits per heavy atom. The molecule has 0 spiro atoms. The Morgan fingerprint density at radius 2 is 1.65 bits per heavy atom. The van der Waals surface area contributed by atoms with Crippen molar-refractivity contribution in [3.8, 4) is 0 Å². The zero-order chi connectivity index (χ0) is 14.5. The van der Waals surface area contributed by atoms with Crippen molar-refractivity contribution in [1.29, 1.82) is 0 Å². The van der Waals surface area contributed by atoms with E-state index in [0.29, 0.717) is 0 Å². The number of halogens is 1. The molecule has 0 atom stereocenters. The van der Waals surface area contributed by atoms with Crippen LogP contribution in [0.5, 0.6) is 0 Å². The van der Waals surface area contributed by atoms with Crippen LogP contribution < -0.4 is 12.4 Å². The highest BCUT2D eigenvalue weighted by atomic mass is 35.5. The summed E-state index contributed by atoms with van der Waals surface area (Å²) in [5.41, 5.74) is 2.62. The van der Waals surface area contributed by atoms with Crippen molar-refractivity contribution in [2.24, 2.45) is 0 Å². The van der Waals surface area contributed by atoms with Crippen LogP contribution in [0.2, 0.25) is 25.7 Å². The SMILES string of the molecule is C=Cc1ccc(C[N+](C)(C)CCC[Si](C)(C)C)cc1.[Cl-]. The summed E-state index contributed by atoms with van der Waals surface area (Å²) in [4.78, 5) is 0. The monoisotopic (exact) mass is 311 g/mol. The van der Waals surface area contributed by atoms with Gasteiger partial charge in [0.25, 0.3) is 0 Å². The number of quaternary nitrogens is 1. The molecule has 1 rings (SSSR count). The Kier molecular flexibility index (Phi) is 7.78. The highest BCUT2D eigenvalue weighted by molar-refractivity contribution is 6.76. The molecule has 0 unspecified atom stereocenters. The van der Waals surface area contributed by atoms with Crippen molar-refractivity contribution >= 4 is 14.1 Å². The molecule has 3 heteroatoms. The maximum Gasteiger partial charge on any atom is 0.104 e. The Labute approximate surface area is 132 Å². The summed E-state index contributed by atoms with van der Waals surface area (Å²) in [5, 5.41) is 0. The van der Waals surface area contributed by atoms with Gasteiger partial charge in [0.05, 0.1) is 20.6 Å². The molecule has 0 aliphatic rings. The minimum Gasteiger partial charge on any atom is -1.00 e. The number of hydrogen-bond donors (Lipinski definition) is 0. The van der Waals surface area contributed by atoms with Crippen LogP contribution in [-0.2, 0) is 6.54 Å². The highest BCUT2D eigenvalue weighted by Gasteiger charge is 2.19. The molecule has 0 saturated carbocycles. The molecule has 0 heterocycles. The van der Waals surface area contributed by atoms with E-state index in [1.165, 1.54) is 30.1 Å². The lowest BCUT2D eigenvalue weighted by atomic mass is 10.1. The average molecular weight is 312 g/mol. The smallest absolute Gasteiger partial charge is 0.104 e. The first-order chi connectivity index (χ1) is 8.72. The molecule has 0 amide bonds. The van der Waals surface area contributed by atoms with E-state index in [9.17, 15) is 0 Å². The van der Waals surface area contributed by atoms with Gasteiger partial charge in [0.1, 0.15) is 6.54 Å². The summed E-state index contributed by atoms with van der Waals surface area (Å²) < 4.78 is 1.08. The second-order valence-corrected chi connectivity index (χ2v) is 13.0. The second-order valence-electron chi connectivity index (χ2n) is 7.43. The summed E-state index contributed by atoms with van der Waals surface area (Å²) in [7, 11) is 3.80. The fourth-order valence-electron chi connectivity index (χ4n) is 2.37. The number of hydrogen-bond acceptors (Lipinski definition) is 0. The van der Waals surface area contributed by atoms with E-state index in [1.807, 2.05) is 6.08 Å². The molecule has 0 N–H and O–H groups in total. The molecule has 114 valence electrons. The van der Waals surface area contributed by atoms with Gasteiger partial charge < -0.3 is 16.9 Å². The van der Waals surface area contributed by atoms with Crippen LogP contribution >= 0.6 is 0 Å². The first-order valence-electron chi connectivity index (χ1n) is 7.25. The lowest BCUT2D eigenvalue weighted by Crippen LogP contribution is -3.00. The van der Waals surface area contributed by atoms with Crippen LogP contribution in [0.1, 0.15) is 17.5 Å². The van der Waals surface area contributed by atoms with Crippen LogP contribution in [0.25, 0.3) is 6.08 Å². The maximum absolute atomic E-state index is 3.80. The van der Waals surface area contributed by atoms with E-state index >= 15 is 0 Å². The van der Waals surface area contributed by atoms with Gasteiger partial charge in [0.2, 0.25) is 0 Å². The van der Waals surface area contributed by atoms with Crippen LogP contribution in [0.15, 0.2) is 30.8 Å². The Morgan fingerprint density at radius 3 is 2.10 bits per heavy atom. The van der Waals surface area contributed by atoms with E-state index in [2.05, 4.69) is 64.6 Å². The van der Waals surface area contributed by atoms with Crippen molar-refractivity contribution in [2.45, 2.75) is 38.7 Å². The van der Waals surface area contributed by atoms with Crippen molar-refractivity contribution < 1.29 is 16.9 Å². The van der Waals surface area contributed by atoms with Gasteiger partial charge in [-0.05, 0) is 12.0 Å². The normalized spacial score (nSPS) is 11.8. The van der Waals surface area contributed by atoms with Crippen molar-refractivity contribution in [3.05, 3.63) is 42.0 Å². The summed E-state index contributed by atoms with van der Waals surface area (Å²) in [6, 6.07) is 10.2. The van der Waals surface area contributed by atoms with E-state index in [4.69, 9.17) is 0 Å². The highest BCUT2D eigenvalue weighted by Crippen LogP contribution is 2.16. The van der Waals surface area contributed by atoms with Gasteiger partial charge in [-0.15, -0.1) is 0 Å². The van der Waals surface area contributed by atoms with Gasteiger partial charge in [0, 0.05) is 13.6 Å². The average Bonchev–Trinajstić information content (AvgIpc) is 2.27.